The van der Waals surface area contributed by atoms with Crippen molar-refractivity contribution in [3.05, 3.63) is 28.8 Å². The molecule has 1 aliphatic carbocycles. The van der Waals surface area contributed by atoms with Gasteiger partial charge in [-0.25, -0.2) is 0 Å². The van der Waals surface area contributed by atoms with Crippen molar-refractivity contribution in [2.24, 2.45) is 5.92 Å². The van der Waals surface area contributed by atoms with Crippen molar-refractivity contribution in [3.8, 4) is 0 Å². The summed E-state index contributed by atoms with van der Waals surface area (Å²) in [5.74, 6) is 0.340. The number of benzene rings is 1. The summed E-state index contributed by atoms with van der Waals surface area (Å²) in [6.07, 6.45) is 6.00. The average Bonchev–Trinajstić information content (AvgIpc) is 2.46. The van der Waals surface area contributed by atoms with Crippen LogP contribution < -0.4 is 4.90 Å². The molecule has 3 nitrogen and oxygen atoms in total. The third-order valence-electron chi connectivity index (χ3n) is 4.88. The largest absolute Gasteiger partial charge is 0.389 e. The maximum absolute atomic E-state index is 10.8. The Hall–Kier alpha value is -1.06. The zero-order valence-electron chi connectivity index (χ0n) is 11.5. The highest BCUT2D eigenvalue weighted by Gasteiger charge is 2.42. The standard InChI is InChI=1S/C16H20ClNO2/c17-14-9-12(11-19)4-5-15(14)18-8-7-16(20)6-2-1-3-13(16)10-18/h4-5,9,11,13,20H,1-3,6-8,10H2. The Balaban J connectivity index is 1.80. The maximum Gasteiger partial charge on any atom is 0.150 e. The van der Waals surface area contributed by atoms with E-state index < -0.39 is 5.60 Å². The molecule has 1 aromatic carbocycles. The summed E-state index contributed by atoms with van der Waals surface area (Å²) >= 11 is 6.29. The van der Waals surface area contributed by atoms with Gasteiger partial charge in [0.05, 0.1) is 16.3 Å². The van der Waals surface area contributed by atoms with Gasteiger partial charge in [-0.15, -0.1) is 0 Å². The minimum atomic E-state index is -0.468. The number of rotatable bonds is 2. The molecule has 3 rings (SSSR count). The lowest BCUT2D eigenvalue weighted by Gasteiger charge is -2.48. The average molecular weight is 294 g/mol. The fourth-order valence-electron chi connectivity index (χ4n) is 3.64. The molecule has 0 aromatic heterocycles. The first-order valence-electron chi connectivity index (χ1n) is 7.34. The molecule has 108 valence electrons. The van der Waals surface area contributed by atoms with Gasteiger partial charge in [0.2, 0.25) is 0 Å². The van der Waals surface area contributed by atoms with Gasteiger partial charge in [-0.2, -0.15) is 0 Å². The van der Waals surface area contributed by atoms with E-state index in [0.717, 1.165) is 50.7 Å². The molecule has 1 aliphatic heterocycles. The predicted molar refractivity (Wildman–Crippen MR) is 80.6 cm³/mol. The molecule has 0 amide bonds. The molecule has 2 unspecified atom stereocenters. The number of carbonyl (C=O) groups is 1. The molecular weight excluding hydrogens is 274 g/mol. The SMILES string of the molecule is O=Cc1ccc(N2CCC3(O)CCCCC3C2)c(Cl)c1. The summed E-state index contributed by atoms with van der Waals surface area (Å²) in [5.41, 5.74) is 1.11. The monoisotopic (exact) mass is 293 g/mol. The maximum atomic E-state index is 10.8. The van der Waals surface area contributed by atoms with Crippen LogP contribution in [-0.4, -0.2) is 30.1 Å². The highest BCUT2D eigenvalue weighted by atomic mass is 35.5. The van der Waals surface area contributed by atoms with Gasteiger partial charge in [0.25, 0.3) is 0 Å². The van der Waals surface area contributed by atoms with Crippen LogP contribution >= 0.6 is 11.6 Å². The number of hydrogen-bond donors (Lipinski definition) is 1. The molecule has 2 atom stereocenters. The van der Waals surface area contributed by atoms with Crippen LogP contribution in [0.4, 0.5) is 5.69 Å². The zero-order valence-corrected chi connectivity index (χ0v) is 12.3. The van der Waals surface area contributed by atoms with Crippen molar-refractivity contribution in [3.63, 3.8) is 0 Å². The van der Waals surface area contributed by atoms with E-state index in [1.165, 1.54) is 6.42 Å². The summed E-state index contributed by atoms with van der Waals surface area (Å²) < 4.78 is 0. The smallest absolute Gasteiger partial charge is 0.150 e. The van der Waals surface area contributed by atoms with E-state index in [1.807, 2.05) is 6.07 Å². The number of aliphatic hydroxyl groups is 1. The number of fused-ring (bicyclic) bond motifs is 1. The van der Waals surface area contributed by atoms with Crippen LogP contribution in [0.5, 0.6) is 0 Å². The van der Waals surface area contributed by atoms with Gasteiger partial charge in [-0.1, -0.05) is 24.4 Å². The first-order valence-corrected chi connectivity index (χ1v) is 7.72. The Kier molecular flexibility index (Phi) is 3.74. The number of aldehydes is 1. The minimum Gasteiger partial charge on any atom is -0.389 e. The first-order chi connectivity index (χ1) is 9.62. The quantitative estimate of drug-likeness (QED) is 0.851. The normalized spacial score (nSPS) is 29.9. The summed E-state index contributed by atoms with van der Waals surface area (Å²) in [4.78, 5) is 13.0. The second-order valence-electron chi connectivity index (χ2n) is 6.07. The Bertz CT molecular complexity index is 519. The lowest BCUT2D eigenvalue weighted by atomic mass is 9.71. The van der Waals surface area contributed by atoms with E-state index in [-0.39, 0.29) is 0 Å². The molecule has 0 bridgehead atoms. The predicted octanol–water partition coefficient (Wildman–Crippen LogP) is 3.28. The number of piperidine rings is 1. The Morgan fingerprint density at radius 3 is 2.95 bits per heavy atom. The Labute approximate surface area is 124 Å². The van der Waals surface area contributed by atoms with Gasteiger partial charge >= 0.3 is 0 Å². The van der Waals surface area contributed by atoms with E-state index in [1.54, 1.807) is 12.1 Å². The topological polar surface area (TPSA) is 40.5 Å². The molecule has 1 saturated carbocycles. The van der Waals surface area contributed by atoms with Gasteiger partial charge < -0.3 is 10.0 Å². The number of hydrogen-bond acceptors (Lipinski definition) is 3. The number of anilines is 1. The highest BCUT2D eigenvalue weighted by Crippen LogP contribution is 2.41. The molecule has 0 spiro atoms. The molecule has 4 heteroatoms. The van der Waals surface area contributed by atoms with Crippen LogP contribution in [0.25, 0.3) is 0 Å². The zero-order chi connectivity index (χ0) is 14.2. The Morgan fingerprint density at radius 2 is 2.20 bits per heavy atom. The summed E-state index contributed by atoms with van der Waals surface area (Å²) in [6, 6.07) is 5.43. The van der Waals surface area contributed by atoms with Crippen LogP contribution in [-0.2, 0) is 0 Å². The molecule has 1 N–H and O–H groups in total. The first kappa shape index (κ1) is 13.9. The van der Waals surface area contributed by atoms with Crippen molar-refractivity contribution in [2.75, 3.05) is 18.0 Å². The fourth-order valence-corrected chi connectivity index (χ4v) is 3.95. The van der Waals surface area contributed by atoms with Crippen molar-refractivity contribution < 1.29 is 9.90 Å². The molecule has 20 heavy (non-hydrogen) atoms. The molecule has 1 aromatic rings. The molecule has 0 radical (unpaired) electrons. The molecule has 1 heterocycles. The molecule has 2 fully saturated rings. The lowest BCUT2D eigenvalue weighted by Crippen LogP contribution is -2.53. The second kappa shape index (κ2) is 5.38. The van der Waals surface area contributed by atoms with E-state index in [9.17, 15) is 9.90 Å². The number of nitrogens with zero attached hydrogens (tertiary/aromatic N) is 1. The van der Waals surface area contributed by atoms with Crippen LogP contribution in [0.2, 0.25) is 5.02 Å². The Morgan fingerprint density at radius 1 is 1.35 bits per heavy atom. The van der Waals surface area contributed by atoms with E-state index in [2.05, 4.69) is 4.90 Å². The van der Waals surface area contributed by atoms with Crippen LogP contribution in [0.1, 0.15) is 42.5 Å². The minimum absolute atomic E-state index is 0.340. The van der Waals surface area contributed by atoms with Crippen LogP contribution in [0, 0.1) is 5.92 Å². The number of halogens is 1. The molecule has 1 saturated heterocycles. The third kappa shape index (κ3) is 2.45. The lowest BCUT2D eigenvalue weighted by molar-refractivity contribution is -0.0612. The van der Waals surface area contributed by atoms with E-state index in [4.69, 9.17) is 11.6 Å². The van der Waals surface area contributed by atoms with Gasteiger partial charge in [0.1, 0.15) is 6.29 Å². The second-order valence-corrected chi connectivity index (χ2v) is 6.48. The van der Waals surface area contributed by atoms with Crippen LogP contribution in [0.15, 0.2) is 18.2 Å². The summed E-state index contributed by atoms with van der Waals surface area (Å²) in [5, 5.41) is 11.3. The van der Waals surface area contributed by atoms with Crippen molar-refractivity contribution >= 4 is 23.6 Å². The van der Waals surface area contributed by atoms with Crippen LogP contribution in [0.3, 0.4) is 0 Å². The highest BCUT2D eigenvalue weighted by molar-refractivity contribution is 6.33. The third-order valence-corrected chi connectivity index (χ3v) is 5.18. The summed E-state index contributed by atoms with van der Waals surface area (Å²) in [6.45, 7) is 1.68. The van der Waals surface area contributed by atoms with Crippen molar-refractivity contribution in [1.82, 2.24) is 0 Å². The van der Waals surface area contributed by atoms with Gasteiger partial charge in [0.15, 0.2) is 0 Å². The molecule has 2 aliphatic rings. The van der Waals surface area contributed by atoms with Gasteiger partial charge in [0, 0.05) is 24.6 Å². The van der Waals surface area contributed by atoms with Gasteiger partial charge in [-0.05, 0) is 37.5 Å². The number of carbonyl (C=O) groups excluding carboxylic acids is 1. The van der Waals surface area contributed by atoms with Gasteiger partial charge in [-0.3, -0.25) is 4.79 Å². The summed E-state index contributed by atoms with van der Waals surface area (Å²) in [7, 11) is 0. The van der Waals surface area contributed by atoms with Crippen molar-refractivity contribution in [1.29, 1.82) is 0 Å². The van der Waals surface area contributed by atoms with E-state index in [0.29, 0.717) is 16.5 Å². The van der Waals surface area contributed by atoms with E-state index >= 15 is 0 Å². The van der Waals surface area contributed by atoms with Crippen molar-refractivity contribution in [2.45, 2.75) is 37.7 Å². The molecular formula is C16H20ClNO2. The fraction of sp³-hybridized carbons (Fsp3) is 0.562.